The summed E-state index contributed by atoms with van der Waals surface area (Å²) in [6, 6.07) is 0.385. The molecule has 0 radical (unpaired) electrons. The highest BCUT2D eigenvalue weighted by atomic mass is 15.2. The van der Waals surface area contributed by atoms with Crippen LogP contribution in [0.2, 0.25) is 0 Å². The van der Waals surface area contributed by atoms with Gasteiger partial charge in [-0.3, -0.25) is 0 Å². The number of nitrogens with two attached hydrogens (primary N) is 1. The molecule has 4 nitrogen and oxygen atoms in total. The van der Waals surface area contributed by atoms with Gasteiger partial charge in [0.2, 0.25) is 5.95 Å². The van der Waals surface area contributed by atoms with Gasteiger partial charge in [-0.25, -0.2) is 0 Å². The molecule has 0 aliphatic carbocycles. The van der Waals surface area contributed by atoms with Gasteiger partial charge in [-0.05, 0) is 13.8 Å². The second kappa shape index (κ2) is 2.82. The summed E-state index contributed by atoms with van der Waals surface area (Å²) in [4.78, 5) is 4.08. The van der Waals surface area contributed by atoms with Gasteiger partial charge in [0, 0.05) is 19.3 Å². The van der Waals surface area contributed by atoms with E-state index >= 15 is 0 Å². The molecule has 11 heavy (non-hydrogen) atoms. The van der Waals surface area contributed by atoms with Crippen molar-refractivity contribution in [1.29, 1.82) is 0 Å². The van der Waals surface area contributed by atoms with Gasteiger partial charge in [-0.15, -0.1) is 0 Å². The highest BCUT2D eigenvalue weighted by Gasteiger charge is 2.02. The Hall–Kier alpha value is -1.19. The number of rotatable bonds is 2. The summed E-state index contributed by atoms with van der Waals surface area (Å²) in [7, 11) is 1.91. The first-order valence-corrected chi connectivity index (χ1v) is 3.65. The number of hydrogen-bond acceptors (Lipinski definition) is 3. The molecule has 0 spiro atoms. The van der Waals surface area contributed by atoms with Crippen LogP contribution in [0.3, 0.4) is 0 Å². The van der Waals surface area contributed by atoms with Crippen molar-refractivity contribution < 1.29 is 0 Å². The van der Waals surface area contributed by atoms with E-state index in [2.05, 4.69) is 24.1 Å². The van der Waals surface area contributed by atoms with Crippen LogP contribution < -0.4 is 11.1 Å². The summed E-state index contributed by atoms with van der Waals surface area (Å²) in [6.45, 7) is 4.12. The van der Waals surface area contributed by atoms with E-state index in [4.69, 9.17) is 5.73 Å². The first-order chi connectivity index (χ1) is 5.09. The number of nitrogen functional groups attached to an aromatic ring is 1. The van der Waals surface area contributed by atoms with E-state index in [1.807, 2.05) is 11.6 Å². The fourth-order valence-electron chi connectivity index (χ4n) is 0.882. The SMILES string of the molecule is CC(C)Nc1nc(N)cn1C. The number of nitrogens with one attached hydrogen (secondary N) is 1. The van der Waals surface area contributed by atoms with Gasteiger partial charge >= 0.3 is 0 Å². The smallest absolute Gasteiger partial charge is 0.204 e. The Balaban J connectivity index is 2.77. The van der Waals surface area contributed by atoms with Crippen LogP contribution >= 0.6 is 0 Å². The number of aromatic nitrogens is 2. The summed E-state index contributed by atoms with van der Waals surface area (Å²) in [5.74, 6) is 1.37. The Morgan fingerprint density at radius 1 is 1.64 bits per heavy atom. The molecule has 1 heterocycles. The van der Waals surface area contributed by atoms with E-state index in [9.17, 15) is 0 Å². The summed E-state index contributed by atoms with van der Waals surface area (Å²) in [5, 5.41) is 3.17. The monoisotopic (exact) mass is 154 g/mol. The molecule has 0 aliphatic rings. The lowest BCUT2D eigenvalue weighted by Gasteiger charge is -2.07. The minimum atomic E-state index is 0.385. The first kappa shape index (κ1) is 7.91. The molecule has 0 amide bonds. The van der Waals surface area contributed by atoms with Crippen molar-refractivity contribution in [3.05, 3.63) is 6.20 Å². The van der Waals surface area contributed by atoms with Crippen molar-refractivity contribution >= 4 is 11.8 Å². The van der Waals surface area contributed by atoms with Crippen molar-refractivity contribution in [3.63, 3.8) is 0 Å². The summed E-state index contributed by atoms with van der Waals surface area (Å²) in [6.07, 6.45) is 1.78. The van der Waals surface area contributed by atoms with Crippen LogP contribution in [0.5, 0.6) is 0 Å². The predicted molar refractivity (Wildman–Crippen MR) is 46.4 cm³/mol. The van der Waals surface area contributed by atoms with Gasteiger partial charge in [0.25, 0.3) is 0 Å². The molecule has 62 valence electrons. The van der Waals surface area contributed by atoms with Crippen molar-refractivity contribution in [2.45, 2.75) is 19.9 Å². The Kier molecular flexibility index (Phi) is 2.03. The van der Waals surface area contributed by atoms with Gasteiger partial charge in [0.1, 0.15) is 5.82 Å². The summed E-state index contributed by atoms with van der Waals surface area (Å²) < 4.78 is 1.87. The summed E-state index contributed by atoms with van der Waals surface area (Å²) >= 11 is 0. The number of aryl methyl sites for hydroxylation is 1. The van der Waals surface area contributed by atoms with E-state index in [0.29, 0.717) is 11.9 Å². The zero-order chi connectivity index (χ0) is 8.43. The molecule has 3 N–H and O–H groups in total. The number of nitrogens with zero attached hydrogens (tertiary/aromatic N) is 2. The zero-order valence-corrected chi connectivity index (χ0v) is 7.13. The fourth-order valence-corrected chi connectivity index (χ4v) is 0.882. The number of anilines is 2. The molecule has 0 atom stereocenters. The Bertz CT molecular complexity index is 239. The molecule has 0 bridgehead atoms. The molecule has 4 heteroatoms. The van der Waals surface area contributed by atoms with Crippen molar-refractivity contribution in [1.82, 2.24) is 9.55 Å². The molecule has 0 saturated carbocycles. The largest absolute Gasteiger partial charge is 0.382 e. The van der Waals surface area contributed by atoms with Crippen molar-refractivity contribution in [2.75, 3.05) is 11.1 Å². The normalized spacial score (nSPS) is 10.5. The quantitative estimate of drug-likeness (QED) is 0.663. The number of hydrogen-bond donors (Lipinski definition) is 2. The van der Waals surface area contributed by atoms with Crippen LogP contribution in [0.15, 0.2) is 6.20 Å². The third-order valence-corrected chi connectivity index (χ3v) is 1.31. The standard InChI is InChI=1S/C7H14N4/c1-5(2)9-7-10-6(8)4-11(7)3/h4-5H,8H2,1-3H3,(H,9,10). The molecule has 0 fully saturated rings. The van der Waals surface area contributed by atoms with Gasteiger partial charge in [0.05, 0.1) is 0 Å². The van der Waals surface area contributed by atoms with E-state index < -0.39 is 0 Å². The topological polar surface area (TPSA) is 55.9 Å². The minimum absolute atomic E-state index is 0.385. The molecule has 1 aromatic heterocycles. The molecular weight excluding hydrogens is 140 g/mol. The lowest BCUT2D eigenvalue weighted by atomic mass is 10.4. The van der Waals surface area contributed by atoms with Crippen LogP contribution in [0.4, 0.5) is 11.8 Å². The summed E-state index contributed by atoms with van der Waals surface area (Å²) in [5.41, 5.74) is 5.48. The maximum Gasteiger partial charge on any atom is 0.204 e. The molecule has 0 saturated heterocycles. The zero-order valence-electron chi connectivity index (χ0n) is 7.13. The van der Waals surface area contributed by atoms with E-state index in [1.165, 1.54) is 0 Å². The second-order valence-corrected chi connectivity index (χ2v) is 2.90. The highest BCUT2D eigenvalue weighted by molar-refractivity contribution is 5.38. The maximum atomic E-state index is 5.48. The average molecular weight is 154 g/mol. The molecular formula is C7H14N4. The van der Waals surface area contributed by atoms with E-state index in [-0.39, 0.29) is 0 Å². The van der Waals surface area contributed by atoms with Crippen LogP contribution in [-0.2, 0) is 7.05 Å². The highest BCUT2D eigenvalue weighted by Crippen LogP contribution is 2.08. The van der Waals surface area contributed by atoms with Crippen molar-refractivity contribution in [3.8, 4) is 0 Å². The van der Waals surface area contributed by atoms with E-state index in [0.717, 1.165) is 5.95 Å². The van der Waals surface area contributed by atoms with E-state index in [1.54, 1.807) is 6.20 Å². The van der Waals surface area contributed by atoms with Gasteiger partial charge in [-0.2, -0.15) is 4.98 Å². The third kappa shape index (κ3) is 1.86. The Morgan fingerprint density at radius 2 is 2.27 bits per heavy atom. The van der Waals surface area contributed by atoms with Gasteiger partial charge < -0.3 is 15.6 Å². The van der Waals surface area contributed by atoms with Crippen LogP contribution in [0.1, 0.15) is 13.8 Å². The molecule has 1 rings (SSSR count). The van der Waals surface area contributed by atoms with Gasteiger partial charge in [-0.1, -0.05) is 0 Å². The maximum absolute atomic E-state index is 5.48. The Labute approximate surface area is 66.4 Å². The fraction of sp³-hybridized carbons (Fsp3) is 0.571. The molecule has 0 unspecified atom stereocenters. The second-order valence-electron chi connectivity index (χ2n) is 2.90. The third-order valence-electron chi connectivity index (χ3n) is 1.31. The number of imidazole rings is 1. The first-order valence-electron chi connectivity index (χ1n) is 3.65. The van der Waals surface area contributed by atoms with Crippen LogP contribution in [-0.4, -0.2) is 15.6 Å². The lowest BCUT2D eigenvalue weighted by molar-refractivity contribution is 0.832. The van der Waals surface area contributed by atoms with Crippen LogP contribution in [0.25, 0.3) is 0 Å². The predicted octanol–water partition coefficient (Wildman–Crippen LogP) is 0.823. The molecule has 1 aromatic rings. The minimum Gasteiger partial charge on any atom is -0.382 e. The van der Waals surface area contributed by atoms with Crippen LogP contribution in [0, 0.1) is 0 Å². The Morgan fingerprint density at radius 3 is 2.64 bits per heavy atom. The molecule has 0 aromatic carbocycles. The molecule has 0 aliphatic heterocycles. The average Bonchev–Trinajstić information content (AvgIpc) is 2.09. The lowest BCUT2D eigenvalue weighted by Crippen LogP contribution is -2.13. The van der Waals surface area contributed by atoms with Gasteiger partial charge in [0.15, 0.2) is 0 Å². The van der Waals surface area contributed by atoms with Crippen molar-refractivity contribution in [2.24, 2.45) is 7.05 Å².